The molecule has 3 rings (SSSR count). The summed E-state index contributed by atoms with van der Waals surface area (Å²) in [6, 6.07) is 11.6. The summed E-state index contributed by atoms with van der Waals surface area (Å²) in [5, 5.41) is 9.21. The van der Waals surface area contributed by atoms with Gasteiger partial charge in [-0.15, -0.1) is 0 Å². The van der Waals surface area contributed by atoms with Crippen LogP contribution in [0.15, 0.2) is 58.3 Å². The molecule has 0 saturated heterocycles. The van der Waals surface area contributed by atoms with Crippen molar-refractivity contribution >= 4 is 25.8 Å². The van der Waals surface area contributed by atoms with Crippen molar-refractivity contribution in [1.82, 2.24) is 9.79 Å². The minimum Gasteiger partial charge on any atom is -0.457 e. The van der Waals surface area contributed by atoms with E-state index in [1.807, 2.05) is 0 Å². The second kappa shape index (κ2) is 9.18. The molecule has 32 heavy (non-hydrogen) atoms. The lowest BCUT2D eigenvalue weighted by molar-refractivity contribution is -0.139. The summed E-state index contributed by atoms with van der Waals surface area (Å²) in [6.45, 7) is 1.72. The number of hydroxylamine groups is 1. The summed E-state index contributed by atoms with van der Waals surface area (Å²) in [6.07, 6.45) is 3.14. The molecule has 1 amide bonds. The zero-order valence-corrected chi connectivity index (χ0v) is 19.4. The molecule has 9 nitrogen and oxygen atoms in total. The van der Waals surface area contributed by atoms with E-state index >= 15 is 0 Å². The average Bonchev–Trinajstić information content (AvgIpc) is 3.24. The summed E-state index contributed by atoms with van der Waals surface area (Å²) in [7, 11) is -7.34. The second-order valence-electron chi connectivity index (χ2n) is 7.67. The van der Waals surface area contributed by atoms with Crippen molar-refractivity contribution in [2.45, 2.75) is 47.9 Å². The molecule has 2 N–H and O–H groups in total. The minimum atomic E-state index is -4.02. The third-order valence-electron chi connectivity index (χ3n) is 5.62. The number of nitrogens with one attached hydrogen (secondary N) is 1. The SMILES string of the molecule is CCN(C1(C(=O)NO)CCCC1)S(=O)(=O)c1ccc(Oc2ccc(S(C)(=O)=O)cc2)cc1. The fraction of sp³-hybridized carbons (Fsp3) is 0.381. The van der Waals surface area contributed by atoms with Crippen LogP contribution in [0.1, 0.15) is 32.6 Å². The van der Waals surface area contributed by atoms with Gasteiger partial charge in [-0.05, 0) is 61.4 Å². The molecule has 1 saturated carbocycles. The maximum Gasteiger partial charge on any atom is 0.264 e. The highest BCUT2D eigenvalue weighted by molar-refractivity contribution is 7.90. The van der Waals surface area contributed by atoms with Crippen LogP contribution >= 0.6 is 0 Å². The normalized spacial score (nSPS) is 16.1. The molecule has 0 bridgehead atoms. The van der Waals surface area contributed by atoms with Crippen LogP contribution in [-0.2, 0) is 24.7 Å². The minimum absolute atomic E-state index is 0.00357. The van der Waals surface area contributed by atoms with Crippen molar-refractivity contribution in [3.8, 4) is 11.5 Å². The number of likely N-dealkylation sites (N-methyl/N-ethyl adjacent to an activating group) is 1. The zero-order chi connectivity index (χ0) is 23.6. The Kier molecular flexibility index (Phi) is 6.94. The van der Waals surface area contributed by atoms with Gasteiger partial charge in [0.2, 0.25) is 10.0 Å². The number of ether oxygens (including phenoxy) is 1. The van der Waals surface area contributed by atoms with Gasteiger partial charge in [0, 0.05) is 12.8 Å². The van der Waals surface area contributed by atoms with Gasteiger partial charge in [0.05, 0.1) is 9.79 Å². The number of carbonyl (C=O) groups is 1. The monoisotopic (exact) mass is 482 g/mol. The van der Waals surface area contributed by atoms with E-state index in [0.29, 0.717) is 37.2 Å². The molecule has 0 atom stereocenters. The fourth-order valence-corrected chi connectivity index (χ4v) is 6.48. The highest BCUT2D eigenvalue weighted by atomic mass is 32.2. The molecule has 0 aromatic heterocycles. The predicted octanol–water partition coefficient (Wildman–Crippen LogP) is 2.71. The number of nitrogens with zero attached hydrogens (tertiary/aromatic N) is 1. The summed E-state index contributed by atoms with van der Waals surface area (Å²) in [5.74, 6) is 0.0356. The Morgan fingerprint density at radius 3 is 1.84 bits per heavy atom. The van der Waals surface area contributed by atoms with Crippen LogP contribution in [0.2, 0.25) is 0 Å². The van der Waals surface area contributed by atoms with Crippen molar-refractivity contribution in [1.29, 1.82) is 0 Å². The number of hydrogen-bond acceptors (Lipinski definition) is 7. The molecular formula is C21H26N2O7S2. The molecule has 11 heteroatoms. The van der Waals surface area contributed by atoms with Gasteiger partial charge in [0.25, 0.3) is 5.91 Å². The summed E-state index contributed by atoms with van der Waals surface area (Å²) < 4.78 is 56.6. The Bertz CT molecular complexity index is 1170. The van der Waals surface area contributed by atoms with E-state index < -0.39 is 31.3 Å². The van der Waals surface area contributed by atoms with Crippen LogP contribution in [0.3, 0.4) is 0 Å². The quantitative estimate of drug-likeness (QED) is 0.437. The molecule has 0 aliphatic heterocycles. The Morgan fingerprint density at radius 2 is 1.44 bits per heavy atom. The highest BCUT2D eigenvalue weighted by Gasteiger charge is 2.50. The molecule has 0 heterocycles. The van der Waals surface area contributed by atoms with Gasteiger partial charge in [0.1, 0.15) is 17.0 Å². The molecule has 2 aromatic carbocycles. The van der Waals surface area contributed by atoms with Gasteiger partial charge in [-0.25, -0.2) is 22.3 Å². The third kappa shape index (κ3) is 4.65. The molecule has 1 aliphatic rings. The first-order chi connectivity index (χ1) is 15.0. The van der Waals surface area contributed by atoms with Crippen molar-refractivity contribution in [2.75, 3.05) is 12.8 Å². The van der Waals surface area contributed by atoms with Crippen LogP contribution in [0.4, 0.5) is 0 Å². The average molecular weight is 483 g/mol. The van der Waals surface area contributed by atoms with E-state index in [4.69, 9.17) is 4.74 Å². The number of sulfonamides is 1. The fourth-order valence-electron chi connectivity index (χ4n) is 4.05. The predicted molar refractivity (Wildman–Crippen MR) is 117 cm³/mol. The first-order valence-corrected chi connectivity index (χ1v) is 13.4. The smallest absolute Gasteiger partial charge is 0.264 e. The maximum atomic E-state index is 13.3. The number of sulfone groups is 1. The number of benzene rings is 2. The molecule has 1 fully saturated rings. The van der Waals surface area contributed by atoms with Crippen LogP contribution in [-0.4, -0.2) is 50.6 Å². The van der Waals surface area contributed by atoms with Crippen LogP contribution in [0, 0.1) is 0 Å². The number of hydrogen-bond donors (Lipinski definition) is 2. The Hall–Kier alpha value is -2.47. The Morgan fingerprint density at radius 1 is 0.969 bits per heavy atom. The standard InChI is InChI=1S/C21H26N2O7S2/c1-3-23(21(20(24)22-25)14-4-5-15-21)32(28,29)19-12-8-17(9-13-19)30-16-6-10-18(11-7-16)31(2,26)27/h6-13,25H,3-5,14-15H2,1-2H3,(H,22,24). The molecule has 0 spiro atoms. The number of rotatable bonds is 8. The molecule has 0 unspecified atom stereocenters. The van der Waals surface area contributed by atoms with Crippen molar-refractivity contribution in [3.63, 3.8) is 0 Å². The lowest BCUT2D eigenvalue weighted by Gasteiger charge is -2.37. The molecule has 0 radical (unpaired) electrons. The van der Waals surface area contributed by atoms with Crippen molar-refractivity contribution in [2.24, 2.45) is 0 Å². The van der Waals surface area contributed by atoms with Crippen LogP contribution in [0.25, 0.3) is 0 Å². The van der Waals surface area contributed by atoms with E-state index in [0.717, 1.165) is 10.6 Å². The van der Waals surface area contributed by atoms with Crippen molar-refractivity contribution < 1.29 is 31.6 Å². The second-order valence-corrected chi connectivity index (χ2v) is 11.5. The van der Waals surface area contributed by atoms with E-state index in [-0.39, 0.29) is 16.3 Å². The lowest BCUT2D eigenvalue weighted by Crippen LogP contribution is -2.58. The molecular weight excluding hydrogens is 456 g/mol. The number of amides is 1. The van der Waals surface area contributed by atoms with Gasteiger partial charge in [-0.3, -0.25) is 10.0 Å². The van der Waals surface area contributed by atoms with E-state index in [2.05, 4.69) is 0 Å². The topological polar surface area (TPSA) is 130 Å². The Balaban J connectivity index is 1.84. The molecule has 174 valence electrons. The maximum absolute atomic E-state index is 13.3. The van der Waals surface area contributed by atoms with Crippen LogP contribution < -0.4 is 10.2 Å². The van der Waals surface area contributed by atoms with Crippen molar-refractivity contribution in [3.05, 3.63) is 48.5 Å². The molecule has 1 aliphatic carbocycles. The summed E-state index contributed by atoms with van der Waals surface area (Å²) >= 11 is 0. The largest absolute Gasteiger partial charge is 0.457 e. The first-order valence-electron chi connectivity index (χ1n) is 10.1. The lowest BCUT2D eigenvalue weighted by atomic mass is 9.96. The highest BCUT2D eigenvalue weighted by Crippen LogP contribution is 2.39. The van der Waals surface area contributed by atoms with E-state index in [9.17, 15) is 26.8 Å². The third-order valence-corrected chi connectivity index (χ3v) is 8.80. The first kappa shape index (κ1) is 24.2. The van der Waals surface area contributed by atoms with Gasteiger partial charge in [-0.1, -0.05) is 19.8 Å². The molecule has 2 aromatic rings. The zero-order valence-electron chi connectivity index (χ0n) is 17.8. The number of carbonyl (C=O) groups excluding carboxylic acids is 1. The van der Waals surface area contributed by atoms with E-state index in [1.54, 1.807) is 12.4 Å². The van der Waals surface area contributed by atoms with Gasteiger partial charge in [-0.2, -0.15) is 4.31 Å². The summed E-state index contributed by atoms with van der Waals surface area (Å²) in [4.78, 5) is 12.6. The van der Waals surface area contributed by atoms with Gasteiger partial charge >= 0.3 is 0 Å². The summed E-state index contributed by atoms with van der Waals surface area (Å²) in [5.41, 5.74) is 0.312. The van der Waals surface area contributed by atoms with Crippen LogP contribution in [0.5, 0.6) is 11.5 Å². The Labute approximate surface area is 187 Å². The van der Waals surface area contributed by atoms with Gasteiger partial charge < -0.3 is 4.74 Å². The van der Waals surface area contributed by atoms with E-state index in [1.165, 1.54) is 48.5 Å². The van der Waals surface area contributed by atoms with Gasteiger partial charge in [0.15, 0.2) is 9.84 Å².